The van der Waals surface area contributed by atoms with Crippen molar-refractivity contribution in [3.63, 3.8) is 0 Å². The second kappa shape index (κ2) is 9.20. The van der Waals surface area contributed by atoms with Gasteiger partial charge in [0.2, 0.25) is 0 Å². The summed E-state index contributed by atoms with van der Waals surface area (Å²) in [5.74, 6) is 1.14. The fraction of sp³-hybridized carbons (Fsp3) is 0.533. The number of carbonyl (C=O) groups excluding carboxylic acids is 1. The summed E-state index contributed by atoms with van der Waals surface area (Å²) in [5.41, 5.74) is 0. The highest BCUT2D eigenvalue weighted by Gasteiger charge is 2.06. The van der Waals surface area contributed by atoms with Crippen LogP contribution in [-0.2, 0) is 4.79 Å². The Morgan fingerprint density at radius 2 is 1.80 bits per heavy atom. The highest BCUT2D eigenvalue weighted by Crippen LogP contribution is 2.17. The molecule has 5 nitrogen and oxygen atoms in total. The van der Waals surface area contributed by atoms with Crippen LogP contribution in [0.5, 0.6) is 11.5 Å². The molecule has 0 heterocycles. The van der Waals surface area contributed by atoms with Crippen LogP contribution in [0, 0.1) is 0 Å². The van der Waals surface area contributed by atoms with Crippen molar-refractivity contribution >= 4 is 5.91 Å². The number of nitrogens with one attached hydrogen (secondary N) is 1. The fourth-order valence-corrected chi connectivity index (χ4v) is 1.67. The van der Waals surface area contributed by atoms with Crippen LogP contribution >= 0.6 is 0 Å². The van der Waals surface area contributed by atoms with Crippen LogP contribution in [0.2, 0.25) is 0 Å². The Morgan fingerprint density at radius 3 is 2.35 bits per heavy atom. The van der Waals surface area contributed by atoms with Crippen LogP contribution in [0.4, 0.5) is 0 Å². The first-order valence-corrected chi connectivity index (χ1v) is 6.96. The van der Waals surface area contributed by atoms with Crippen LogP contribution in [0.25, 0.3) is 0 Å². The van der Waals surface area contributed by atoms with Crippen molar-refractivity contribution in [3.8, 4) is 11.5 Å². The summed E-state index contributed by atoms with van der Waals surface area (Å²) in [5, 5.41) is 12.1. The Morgan fingerprint density at radius 1 is 1.20 bits per heavy atom. The topological polar surface area (TPSA) is 67.8 Å². The first-order valence-electron chi connectivity index (χ1n) is 6.96. The van der Waals surface area contributed by atoms with Gasteiger partial charge in [0.15, 0.2) is 6.61 Å². The third-order valence-electron chi connectivity index (χ3n) is 2.66. The molecule has 1 rings (SSSR count). The molecular weight excluding hydrogens is 258 g/mol. The fourth-order valence-electron chi connectivity index (χ4n) is 1.67. The molecule has 20 heavy (non-hydrogen) atoms. The number of carbonyl (C=O) groups is 1. The first-order chi connectivity index (χ1) is 9.65. The Bertz CT molecular complexity index is 391. The minimum absolute atomic E-state index is 0.0627. The number of amides is 1. The molecule has 0 aromatic heterocycles. The molecule has 0 saturated carbocycles. The van der Waals surface area contributed by atoms with Crippen LogP contribution < -0.4 is 14.8 Å². The van der Waals surface area contributed by atoms with E-state index in [0.717, 1.165) is 12.2 Å². The van der Waals surface area contributed by atoms with Gasteiger partial charge in [0.25, 0.3) is 5.91 Å². The summed E-state index contributed by atoms with van der Waals surface area (Å²) >= 11 is 0. The maximum absolute atomic E-state index is 11.5. The van der Waals surface area contributed by atoms with Gasteiger partial charge in [0.1, 0.15) is 11.5 Å². The van der Waals surface area contributed by atoms with Gasteiger partial charge in [0, 0.05) is 6.54 Å². The van der Waals surface area contributed by atoms with Gasteiger partial charge in [-0.05, 0) is 37.6 Å². The number of hydrogen-bond acceptors (Lipinski definition) is 4. The van der Waals surface area contributed by atoms with E-state index in [4.69, 9.17) is 9.47 Å². The van der Waals surface area contributed by atoms with Gasteiger partial charge in [-0.1, -0.05) is 13.3 Å². The Labute approximate surface area is 119 Å². The average Bonchev–Trinajstić information content (AvgIpc) is 2.45. The zero-order chi connectivity index (χ0) is 14.8. The van der Waals surface area contributed by atoms with Gasteiger partial charge >= 0.3 is 0 Å². The van der Waals surface area contributed by atoms with Crippen molar-refractivity contribution in [2.45, 2.75) is 32.8 Å². The molecule has 1 unspecified atom stereocenters. The van der Waals surface area contributed by atoms with Crippen molar-refractivity contribution in [3.05, 3.63) is 24.3 Å². The Hall–Kier alpha value is -1.75. The molecule has 2 N–H and O–H groups in total. The summed E-state index contributed by atoms with van der Waals surface area (Å²) in [6.45, 7) is 4.72. The maximum atomic E-state index is 11.5. The van der Waals surface area contributed by atoms with Crippen molar-refractivity contribution in [1.29, 1.82) is 0 Å². The molecule has 0 spiro atoms. The molecule has 1 aromatic carbocycles. The SMILES string of the molecule is CCCC(O)CNC(=O)COc1ccc(OCC)cc1. The van der Waals surface area contributed by atoms with E-state index < -0.39 is 6.10 Å². The minimum Gasteiger partial charge on any atom is -0.494 e. The number of hydrogen-bond donors (Lipinski definition) is 2. The molecule has 0 radical (unpaired) electrons. The number of benzene rings is 1. The number of rotatable bonds is 9. The van der Waals surface area contributed by atoms with E-state index in [1.165, 1.54) is 0 Å². The smallest absolute Gasteiger partial charge is 0.258 e. The van der Waals surface area contributed by atoms with Crippen molar-refractivity contribution in [2.24, 2.45) is 0 Å². The van der Waals surface area contributed by atoms with E-state index >= 15 is 0 Å². The molecule has 0 saturated heterocycles. The first kappa shape index (κ1) is 16.3. The van der Waals surface area contributed by atoms with Crippen molar-refractivity contribution in [2.75, 3.05) is 19.8 Å². The van der Waals surface area contributed by atoms with E-state index in [9.17, 15) is 9.90 Å². The van der Waals surface area contributed by atoms with Crippen molar-refractivity contribution in [1.82, 2.24) is 5.32 Å². The summed E-state index contributed by atoms with van der Waals surface area (Å²) in [4.78, 5) is 11.5. The lowest BCUT2D eigenvalue weighted by molar-refractivity contribution is -0.123. The quantitative estimate of drug-likeness (QED) is 0.723. The third kappa shape index (κ3) is 6.43. The summed E-state index contributed by atoms with van der Waals surface area (Å²) in [6, 6.07) is 7.10. The average molecular weight is 281 g/mol. The molecule has 0 aliphatic rings. The van der Waals surface area contributed by atoms with E-state index in [2.05, 4.69) is 5.32 Å². The summed E-state index contributed by atoms with van der Waals surface area (Å²) < 4.78 is 10.7. The molecule has 0 fully saturated rings. The van der Waals surface area contributed by atoms with Gasteiger partial charge in [0.05, 0.1) is 12.7 Å². The second-order valence-electron chi connectivity index (χ2n) is 4.44. The van der Waals surface area contributed by atoms with Crippen LogP contribution in [0.1, 0.15) is 26.7 Å². The summed E-state index contributed by atoms with van der Waals surface area (Å²) in [6.07, 6.45) is 1.08. The monoisotopic (exact) mass is 281 g/mol. The number of aliphatic hydroxyl groups excluding tert-OH is 1. The number of ether oxygens (including phenoxy) is 2. The van der Waals surface area contributed by atoms with Crippen LogP contribution in [0.3, 0.4) is 0 Å². The van der Waals surface area contributed by atoms with E-state index in [-0.39, 0.29) is 19.1 Å². The predicted octanol–water partition coefficient (Wildman–Crippen LogP) is 1.74. The predicted molar refractivity (Wildman–Crippen MR) is 77.0 cm³/mol. The maximum Gasteiger partial charge on any atom is 0.258 e. The highest BCUT2D eigenvalue weighted by atomic mass is 16.5. The van der Waals surface area contributed by atoms with Crippen molar-refractivity contribution < 1.29 is 19.4 Å². The molecule has 0 bridgehead atoms. The largest absolute Gasteiger partial charge is 0.494 e. The van der Waals surface area contributed by atoms with Gasteiger partial charge in [-0.25, -0.2) is 0 Å². The van der Waals surface area contributed by atoms with E-state index in [0.29, 0.717) is 18.8 Å². The van der Waals surface area contributed by atoms with Gasteiger partial charge in [-0.2, -0.15) is 0 Å². The summed E-state index contributed by atoms with van der Waals surface area (Å²) in [7, 11) is 0. The lowest BCUT2D eigenvalue weighted by Crippen LogP contribution is -2.35. The zero-order valence-electron chi connectivity index (χ0n) is 12.1. The van der Waals surface area contributed by atoms with E-state index in [1.54, 1.807) is 24.3 Å². The zero-order valence-corrected chi connectivity index (χ0v) is 12.1. The Balaban J connectivity index is 2.26. The Kier molecular flexibility index (Phi) is 7.50. The molecule has 1 atom stereocenters. The highest BCUT2D eigenvalue weighted by molar-refractivity contribution is 5.77. The second-order valence-corrected chi connectivity index (χ2v) is 4.44. The van der Waals surface area contributed by atoms with Crippen LogP contribution in [-0.4, -0.2) is 36.9 Å². The van der Waals surface area contributed by atoms with E-state index in [1.807, 2.05) is 13.8 Å². The standard InChI is InChI=1S/C15H23NO4/c1-3-5-12(17)10-16-15(18)11-20-14-8-6-13(7-9-14)19-4-2/h6-9,12,17H,3-5,10-11H2,1-2H3,(H,16,18). The van der Waals surface area contributed by atoms with Gasteiger partial charge in [-0.15, -0.1) is 0 Å². The van der Waals surface area contributed by atoms with Gasteiger partial charge in [-0.3, -0.25) is 4.79 Å². The number of aliphatic hydroxyl groups is 1. The molecule has 1 amide bonds. The van der Waals surface area contributed by atoms with Crippen LogP contribution in [0.15, 0.2) is 24.3 Å². The molecule has 0 aliphatic heterocycles. The molecule has 112 valence electrons. The molecule has 5 heteroatoms. The normalized spacial score (nSPS) is 11.8. The van der Waals surface area contributed by atoms with Gasteiger partial charge < -0.3 is 19.9 Å². The molecule has 1 aromatic rings. The minimum atomic E-state index is -0.491. The lowest BCUT2D eigenvalue weighted by Gasteiger charge is -2.11. The molecular formula is C15H23NO4. The lowest BCUT2D eigenvalue weighted by atomic mass is 10.2. The molecule has 0 aliphatic carbocycles. The third-order valence-corrected chi connectivity index (χ3v) is 2.66.